The standard InChI is InChI=1S/C26H26N4O4S/c1-30(35(32,33)21-9-7-17-6-8-20(34-2)14-19(17)15-21)26(12-13-28-25(26)31)16-18-4-3-5-23-22(18)10-11-24(27)29-23/h3-11,14-15H,12-13,16H2,1-2H3,(H2,27,29)(H,28,31)/t26-/m1/s1. The van der Waals surface area contributed by atoms with Gasteiger partial charge in [-0.3, -0.25) is 4.79 Å². The highest BCUT2D eigenvalue weighted by molar-refractivity contribution is 7.89. The van der Waals surface area contributed by atoms with Crippen molar-refractivity contribution >= 4 is 43.4 Å². The minimum atomic E-state index is -4.01. The van der Waals surface area contributed by atoms with Gasteiger partial charge < -0.3 is 15.8 Å². The molecule has 0 saturated carbocycles. The van der Waals surface area contributed by atoms with Crippen LogP contribution in [0.2, 0.25) is 0 Å². The van der Waals surface area contributed by atoms with Gasteiger partial charge in [0.15, 0.2) is 0 Å². The number of carbonyl (C=O) groups excluding carboxylic acids is 1. The molecule has 3 aromatic carbocycles. The molecule has 0 bridgehead atoms. The third kappa shape index (κ3) is 3.86. The number of methoxy groups -OCH3 is 1. The summed E-state index contributed by atoms with van der Waals surface area (Å²) in [4.78, 5) is 17.7. The minimum Gasteiger partial charge on any atom is -0.497 e. The second-order valence-electron chi connectivity index (χ2n) is 8.78. The van der Waals surface area contributed by atoms with Crippen molar-refractivity contribution in [3.8, 4) is 5.75 Å². The number of aromatic nitrogens is 1. The predicted octanol–water partition coefficient (Wildman–Crippen LogP) is 3.10. The summed E-state index contributed by atoms with van der Waals surface area (Å²) in [5.74, 6) is 0.722. The van der Waals surface area contributed by atoms with Crippen LogP contribution in [0.5, 0.6) is 5.75 Å². The number of nitrogens with one attached hydrogen (secondary N) is 1. The van der Waals surface area contributed by atoms with E-state index >= 15 is 0 Å². The molecule has 1 amide bonds. The van der Waals surface area contributed by atoms with Crippen molar-refractivity contribution in [2.45, 2.75) is 23.3 Å². The Hall–Kier alpha value is -3.69. The molecular weight excluding hydrogens is 464 g/mol. The summed E-state index contributed by atoms with van der Waals surface area (Å²) in [7, 11) is -0.961. The van der Waals surface area contributed by atoms with E-state index in [-0.39, 0.29) is 17.2 Å². The molecule has 1 aliphatic heterocycles. The Morgan fingerprint density at radius 1 is 1.09 bits per heavy atom. The molecule has 1 aromatic heterocycles. The minimum absolute atomic E-state index is 0.118. The molecule has 1 saturated heterocycles. The molecule has 1 aliphatic rings. The molecule has 2 heterocycles. The number of anilines is 1. The molecule has 9 heteroatoms. The van der Waals surface area contributed by atoms with Gasteiger partial charge in [-0.2, -0.15) is 4.31 Å². The highest BCUT2D eigenvalue weighted by atomic mass is 32.2. The summed E-state index contributed by atoms with van der Waals surface area (Å²) in [6.45, 7) is 0.392. The zero-order chi connectivity index (χ0) is 24.8. The van der Waals surface area contributed by atoms with Gasteiger partial charge in [0.05, 0.1) is 17.5 Å². The van der Waals surface area contributed by atoms with Gasteiger partial charge in [0.1, 0.15) is 17.1 Å². The topological polar surface area (TPSA) is 115 Å². The van der Waals surface area contributed by atoms with Crippen LogP contribution in [-0.2, 0) is 21.2 Å². The number of hydrogen-bond donors (Lipinski definition) is 2. The lowest BCUT2D eigenvalue weighted by Gasteiger charge is -2.35. The maximum atomic E-state index is 13.9. The first-order chi connectivity index (χ1) is 16.7. The highest BCUT2D eigenvalue weighted by Gasteiger charge is 2.50. The van der Waals surface area contributed by atoms with Crippen LogP contribution in [0.15, 0.2) is 71.6 Å². The molecule has 1 atom stereocenters. The van der Waals surface area contributed by atoms with Crippen molar-refractivity contribution in [2.24, 2.45) is 0 Å². The van der Waals surface area contributed by atoms with Crippen molar-refractivity contribution in [1.82, 2.24) is 14.6 Å². The van der Waals surface area contributed by atoms with Gasteiger partial charge in [-0.05, 0) is 65.2 Å². The number of pyridine rings is 1. The number of nitrogen functional groups attached to an aromatic ring is 1. The van der Waals surface area contributed by atoms with E-state index in [2.05, 4.69) is 10.3 Å². The van der Waals surface area contributed by atoms with E-state index in [1.54, 1.807) is 37.4 Å². The largest absolute Gasteiger partial charge is 0.497 e. The van der Waals surface area contributed by atoms with Crippen LogP contribution in [-0.4, -0.2) is 49.9 Å². The number of nitrogens with zero attached hydrogens (tertiary/aromatic N) is 2. The normalized spacial score (nSPS) is 18.3. The van der Waals surface area contributed by atoms with E-state index in [0.717, 1.165) is 21.7 Å². The Kier molecular flexibility index (Phi) is 5.61. The molecule has 180 valence electrons. The number of benzene rings is 3. The van der Waals surface area contributed by atoms with Crippen LogP contribution >= 0.6 is 0 Å². The second-order valence-corrected chi connectivity index (χ2v) is 10.8. The molecule has 0 aliphatic carbocycles. The lowest BCUT2D eigenvalue weighted by atomic mass is 9.87. The van der Waals surface area contributed by atoms with Gasteiger partial charge in [0, 0.05) is 25.4 Å². The summed E-state index contributed by atoms with van der Waals surface area (Å²) in [6.07, 6.45) is 0.556. The SMILES string of the molecule is COc1ccc2ccc(S(=O)(=O)N(C)[C@@]3(Cc4cccc5nc(N)ccc45)CCNC3=O)cc2c1. The molecule has 1 fully saturated rings. The number of nitrogens with two attached hydrogens (primary N) is 1. The Labute approximate surface area is 203 Å². The Morgan fingerprint density at radius 3 is 2.63 bits per heavy atom. The molecule has 8 nitrogen and oxygen atoms in total. The van der Waals surface area contributed by atoms with Gasteiger partial charge in [0.2, 0.25) is 15.9 Å². The Balaban J connectivity index is 1.58. The Morgan fingerprint density at radius 2 is 1.89 bits per heavy atom. The fourth-order valence-corrected chi connectivity index (χ4v) is 6.35. The molecular formula is C26H26N4O4S. The monoisotopic (exact) mass is 490 g/mol. The van der Waals surface area contributed by atoms with E-state index in [1.807, 2.05) is 36.4 Å². The summed E-state index contributed by atoms with van der Waals surface area (Å²) < 4.78 is 34.2. The van der Waals surface area contributed by atoms with Crippen molar-refractivity contribution < 1.29 is 17.9 Å². The maximum absolute atomic E-state index is 13.9. The quantitative estimate of drug-likeness (QED) is 0.429. The zero-order valence-electron chi connectivity index (χ0n) is 19.5. The van der Waals surface area contributed by atoms with E-state index in [0.29, 0.717) is 30.0 Å². The molecule has 4 aromatic rings. The van der Waals surface area contributed by atoms with Crippen LogP contribution in [0.4, 0.5) is 5.82 Å². The summed E-state index contributed by atoms with van der Waals surface area (Å²) >= 11 is 0. The average Bonchev–Trinajstić information content (AvgIpc) is 3.23. The van der Waals surface area contributed by atoms with Crippen molar-refractivity contribution in [1.29, 1.82) is 0 Å². The van der Waals surface area contributed by atoms with Crippen molar-refractivity contribution in [3.05, 3.63) is 72.3 Å². The molecule has 0 radical (unpaired) electrons. The number of amides is 1. The van der Waals surface area contributed by atoms with Gasteiger partial charge in [-0.15, -0.1) is 0 Å². The number of ether oxygens (including phenoxy) is 1. The highest BCUT2D eigenvalue weighted by Crippen LogP contribution is 2.35. The zero-order valence-corrected chi connectivity index (χ0v) is 20.3. The summed E-state index contributed by atoms with van der Waals surface area (Å²) in [5, 5.41) is 5.31. The van der Waals surface area contributed by atoms with Gasteiger partial charge >= 0.3 is 0 Å². The lowest BCUT2D eigenvalue weighted by molar-refractivity contribution is -0.126. The average molecular weight is 491 g/mol. The van der Waals surface area contributed by atoms with Crippen LogP contribution < -0.4 is 15.8 Å². The van der Waals surface area contributed by atoms with E-state index < -0.39 is 15.6 Å². The Bertz CT molecular complexity index is 1570. The molecule has 5 rings (SSSR count). The number of carbonyl (C=O) groups is 1. The number of likely N-dealkylation sites (N-methyl/N-ethyl adjacent to an activating group) is 1. The van der Waals surface area contributed by atoms with E-state index in [1.165, 1.54) is 11.4 Å². The van der Waals surface area contributed by atoms with Crippen LogP contribution in [0.1, 0.15) is 12.0 Å². The third-order valence-corrected chi connectivity index (χ3v) is 8.77. The first-order valence-electron chi connectivity index (χ1n) is 11.2. The first kappa shape index (κ1) is 23.1. The predicted molar refractivity (Wildman–Crippen MR) is 136 cm³/mol. The van der Waals surface area contributed by atoms with Crippen LogP contribution in [0, 0.1) is 0 Å². The number of hydrogen-bond acceptors (Lipinski definition) is 6. The van der Waals surface area contributed by atoms with Crippen molar-refractivity contribution in [2.75, 3.05) is 26.4 Å². The van der Waals surface area contributed by atoms with Gasteiger partial charge in [-0.25, -0.2) is 13.4 Å². The fourth-order valence-electron chi connectivity index (χ4n) is 4.82. The molecule has 3 N–H and O–H groups in total. The number of sulfonamides is 1. The van der Waals surface area contributed by atoms with Crippen molar-refractivity contribution in [3.63, 3.8) is 0 Å². The molecule has 0 unspecified atom stereocenters. The van der Waals surface area contributed by atoms with E-state index in [9.17, 15) is 13.2 Å². The number of fused-ring (bicyclic) bond motifs is 2. The first-order valence-corrected chi connectivity index (χ1v) is 12.7. The maximum Gasteiger partial charge on any atom is 0.243 e. The number of rotatable bonds is 6. The molecule has 35 heavy (non-hydrogen) atoms. The summed E-state index contributed by atoms with van der Waals surface area (Å²) in [6, 6.07) is 19.6. The van der Waals surface area contributed by atoms with Crippen LogP contribution in [0.3, 0.4) is 0 Å². The lowest BCUT2D eigenvalue weighted by Crippen LogP contribution is -2.55. The van der Waals surface area contributed by atoms with E-state index in [4.69, 9.17) is 10.5 Å². The third-order valence-electron chi connectivity index (χ3n) is 6.85. The van der Waals surface area contributed by atoms with Gasteiger partial charge in [-0.1, -0.05) is 24.3 Å². The van der Waals surface area contributed by atoms with Gasteiger partial charge in [0.25, 0.3) is 0 Å². The second kappa shape index (κ2) is 8.51. The fraction of sp³-hybridized carbons (Fsp3) is 0.231. The van der Waals surface area contributed by atoms with Crippen LogP contribution in [0.25, 0.3) is 21.7 Å². The summed E-state index contributed by atoms with van der Waals surface area (Å²) in [5.41, 5.74) is 6.09. The smallest absolute Gasteiger partial charge is 0.243 e. The molecule has 0 spiro atoms.